The van der Waals surface area contributed by atoms with Gasteiger partial charge in [0.2, 0.25) is 0 Å². The molecule has 6 nitrogen and oxygen atoms in total. The fraction of sp³-hybridized carbons (Fsp3) is 0.167. The van der Waals surface area contributed by atoms with Crippen LogP contribution in [0.3, 0.4) is 0 Å². The number of benzene rings is 2. The van der Waals surface area contributed by atoms with E-state index >= 15 is 0 Å². The zero-order valence-corrected chi connectivity index (χ0v) is 13.4. The van der Waals surface area contributed by atoms with E-state index in [-0.39, 0.29) is 17.8 Å². The first-order chi connectivity index (χ1) is 11.6. The molecule has 0 bridgehead atoms. The number of carbonyl (C=O) groups excluding carboxylic acids is 1. The van der Waals surface area contributed by atoms with E-state index in [1.165, 1.54) is 11.8 Å². The van der Waals surface area contributed by atoms with Crippen molar-refractivity contribution < 1.29 is 14.3 Å². The van der Waals surface area contributed by atoms with Crippen molar-refractivity contribution in [2.45, 2.75) is 6.54 Å². The average molecular weight is 324 g/mol. The molecule has 3 rings (SSSR count). The number of hydrogen-bond donors (Lipinski definition) is 0. The van der Waals surface area contributed by atoms with Crippen LogP contribution in [0.1, 0.15) is 16.1 Å². The van der Waals surface area contributed by atoms with Crippen molar-refractivity contribution in [1.82, 2.24) is 9.78 Å². The summed E-state index contributed by atoms with van der Waals surface area (Å²) in [5.41, 5.74) is 0.701. The van der Waals surface area contributed by atoms with Crippen LogP contribution in [0.15, 0.2) is 53.3 Å². The highest BCUT2D eigenvalue weighted by Crippen LogP contribution is 2.16. The highest BCUT2D eigenvalue weighted by atomic mass is 16.5. The molecule has 0 aliphatic heterocycles. The molecule has 0 unspecified atom stereocenters. The van der Waals surface area contributed by atoms with E-state index in [1.807, 2.05) is 24.3 Å². The number of rotatable bonds is 4. The number of aromatic nitrogens is 2. The molecule has 1 heterocycles. The first-order valence-electron chi connectivity index (χ1n) is 7.35. The predicted octanol–water partition coefficient (Wildman–Crippen LogP) is 2.24. The van der Waals surface area contributed by atoms with E-state index in [0.717, 1.165) is 5.56 Å². The van der Waals surface area contributed by atoms with Crippen LogP contribution in [0, 0.1) is 0 Å². The Morgan fingerprint density at radius 2 is 1.83 bits per heavy atom. The third-order valence-electron chi connectivity index (χ3n) is 3.71. The Kier molecular flexibility index (Phi) is 4.29. The Labute approximate surface area is 138 Å². The van der Waals surface area contributed by atoms with Gasteiger partial charge < -0.3 is 9.47 Å². The van der Waals surface area contributed by atoms with Gasteiger partial charge in [0.05, 0.1) is 26.2 Å². The van der Waals surface area contributed by atoms with Crippen molar-refractivity contribution in [2.75, 3.05) is 14.2 Å². The van der Waals surface area contributed by atoms with Crippen molar-refractivity contribution in [1.29, 1.82) is 0 Å². The van der Waals surface area contributed by atoms with Gasteiger partial charge in [-0.15, -0.1) is 0 Å². The van der Waals surface area contributed by atoms with Gasteiger partial charge in [0.1, 0.15) is 5.75 Å². The lowest BCUT2D eigenvalue weighted by Gasteiger charge is -2.10. The summed E-state index contributed by atoms with van der Waals surface area (Å²) in [7, 11) is 2.87. The molecule has 6 heteroatoms. The molecule has 0 N–H and O–H groups in total. The summed E-state index contributed by atoms with van der Waals surface area (Å²) in [6.07, 6.45) is 0. The van der Waals surface area contributed by atoms with Gasteiger partial charge in [-0.3, -0.25) is 4.79 Å². The molecule has 0 saturated carbocycles. The standard InChI is InChI=1S/C18H16N2O4/c1-23-13-7-5-6-12(10-13)11-20-17(21)15-9-4-3-8-14(15)16(19-20)18(22)24-2/h3-10H,11H2,1-2H3. The van der Waals surface area contributed by atoms with Crippen LogP contribution >= 0.6 is 0 Å². The topological polar surface area (TPSA) is 70.4 Å². The van der Waals surface area contributed by atoms with E-state index in [1.54, 1.807) is 31.4 Å². The Hall–Kier alpha value is -3.15. The van der Waals surface area contributed by atoms with Gasteiger partial charge in [0.15, 0.2) is 5.69 Å². The Morgan fingerprint density at radius 1 is 1.08 bits per heavy atom. The third-order valence-corrected chi connectivity index (χ3v) is 3.71. The normalized spacial score (nSPS) is 10.6. The number of esters is 1. The predicted molar refractivity (Wildman–Crippen MR) is 89.4 cm³/mol. The largest absolute Gasteiger partial charge is 0.497 e. The molecular formula is C18H16N2O4. The quantitative estimate of drug-likeness (QED) is 0.688. The zero-order chi connectivity index (χ0) is 17.1. The first-order valence-corrected chi connectivity index (χ1v) is 7.35. The van der Waals surface area contributed by atoms with E-state index in [0.29, 0.717) is 16.5 Å². The molecule has 0 atom stereocenters. The van der Waals surface area contributed by atoms with Gasteiger partial charge in [-0.2, -0.15) is 5.10 Å². The molecule has 0 radical (unpaired) electrons. The summed E-state index contributed by atoms with van der Waals surface area (Å²) in [6.45, 7) is 0.227. The smallest absolute Gasteiger partial charge is 0.359 e. The number of carbonyl (C=O) groups is 1. The Bertz CT molecular complexity index is 963. The van der Waals surface area contributed by atoms with Gasteiger partial charge in [0.25, 0.3) is 5.56 Å². The molecular weight excluding hydrogens is 308 g/mol. The highest BCUT2D eigenvalue weighted by molar-refractivity contribution is 6.01. The summed E-state index contributed by atoms with van der Waals surface area (Å²) in [6, 6.07) is 14.2. The van der Waals surface area contributed by atoms with Crippen molar-refractivity contribution in [3.8, 4) is 5.75 Å². The summed E-state index contributed by atoms with van der Waals surface area (Å²) in [5.74, 6) is 0.111. The van der Waals surface area contributed by atoms with Crippen LogP contribution in [0.4, 0.5) is 0 Å². The molecule has 2 aromatic carbocycles. The monoisotopic (exact) mass is 324 g/mol. The fourth-order valence-electron chi connectivity index (χ4n) is 2.53. The highest BCUT2D eigenvalue weighted by Gasteiger charge is 2.17. The van der Waals surface area contributed by atoms with Crippen LogP contribution < -0.4 is 10.3 Å². The maximum absolute atomic E-state index is 12.7. The Morgan fingerprint density at radius 3 is 2.54 bits per heavy atom. The SMILES string of the molecule is COC(=O)c1nn(Cc2cccc(OC)c2)c(=O)c2ccccc12. The summed E-state index contributed by atoms with van der Waals surface area (Å²) < 4.78 is 11.2. The summed E-state index contributed by atoms with van der Waals surface area (Å²) in [5, 5.41) is 5.12. The van der Waals surface area contributed by atoms with Gasteiger partial charge >= 0.3 is 5.97 Å². The molecule has 0 fully saturated rings. The number of methoxy groups -OCH3 is 2. The summed E-state index contributed by atoms with van der Waals surface area (Å²) in [4.78, 5) is 24.7. The van der Waals surface area contributed by atoms with E-state index in [4.69, 9.17) is 9.47 Å². The fourth-order valence-corrected chi connectivity index (χ4v) is 2.53. The van der Waals surface area contributed by atoms with Crippen molar-refractivity contribution in [2.24, 2.45) is 0 Å². The van der Waals surface area contributed by atoms with Crippen molar-refractivity contribution in [3.05, 3.63) is 70.1 Å². The van der Waals surface area contributed by atoms with Crippen LogP contribution in [-0.2, 0) is 11.3 Å². The van der Waals surface area contributed by atoms with Gasteiger partial charge in [-0.05, 0) is 23.8 Å². The van der Waals surface area contributed by atoms with E-state index in [9.17, 15) is 9.59 Å². The molecule has 3 aromatic rings. The molecule has 0 spiro atoms. The summed E-state index contributed by atoms with van der Waals surface area (Å²) >= 11 is 0. The van der Waals surface area contributed by atoms with Gasteiger partial charge in [-0.1, -0.05) is 30.3 Å². The second-order valence-corrected chi connectivity index (χ2v) is 5.20. The lowest BCUT2D eigenvalue weighted by atomic mass is 10.1. The maximum Gasteiger partial charge on any atom is 0.359 e. The number of hydrogen-bond acceptors (Lipinski definition) is 5. The lowest BCUT2D eigenvalue weighted by Crippen LogP contribution is -2.26. The van der Waals surface area contributed by atoms with E-state index in [2.05, 4.69) is 5.10 Å². The van der Waals surface area contributed by atoms with Crippen LogP contribution in [0.2, 0.25) is 0 Å². The average Bonchev–Trinajstić information content (AvgIpc) is 2.63. The van der Waals surface area contributed by atoms with Crippen LogP contribution in [-0.4, -0.2) is 30.0 Å². The number of fused-ring (bicyclic) bond motifs is 1. The minimum atomic E-state index is -0.578. The van der Waals surface area contributed by atoms with Crippen LogP contribution in [0.5, 0.6) is 5.75 Å². The van der Waals surface area contributed by atoms with Crippen molar-refractivity contribution in [3.63, 3.8) is 0 Å². The number of ether oxygens (including phenoxy) is 2. The zero-order valence-electron chi connectivity index (χ0n) is 13.4. The molecule has 0 saturated heterocycles. The lowest BCUT2D eigenvalue weighted by molar-refractivity contribution is 0.0593. The van der Waals surface area contributed by atoms with Gasteiger partial charge in [0, 0.05) is 5.39 Å². The second kappa shape index (κ2) is 6.54. The van der Waals surface area contributed by atoms with Crippen LogP contribution in [0.25, 0.3) is 10.8 Å². The number of nitrogens with zero attached hydrogens (tertiary/aromatic N) is 2. The molecule has 122 valence electrons. The second-order valence-electron chi connectivity index (χ2n) is 5.20. The minimum absolute atomic E-state index is 0.121. The van der Waals surface area contributed by atoms with Gasteiger partial charge in [-0.25, -0.2) is 9.48 Å². The third kappa shape index (κ3) is 2.86. The first kappa shape index (κ1) is 15.7. The Balaban J connectivity index is 2.15. The molecule has 0 aliphatic rings. The van der Waals surface area contributed by atoms with Crippen molar-refractivity contribution >= 4 is 16.7 Å². The molecule has 0 amide bonds. The maximum atomic E-state index is 12.7. The molecule has 0 aliphatic carbocycles. The van der Waals surface area contributed by atoms with E-state index < -0.39 is 5.97 Å². The molecule has 24 heavy (non-hydrogen) atoms. The molecule has 1 aromatic heterocycles. The minimum Gasteiger partial charge on any atom is -0.497 e.